The van der Waals surface area contributed by atoms with Crippen LogP contribution in [-0.4, -0.2) is 19.3 Å². The summed E-state index contributed by atoms with van der Waals surface area (Å²) in [6.07, 6.45) is 9.55. The Labute approximate surface area is 121 Å². The minimum absolute atomic E-state index is 0.159. The molecule has 3 heteroatoms. The van der Waals surface area contributed by atoms with Crippen molar-refractivity contribution in [2.45, 2.75) is 40.0 Å². The second kappa shape index (κ2) is 7.78. The Bertz CT molecular complexity index is 369. The Morgan fingerprint density at radius 1 is 1.47 bits per heavy atom. The van der Waals surface area contributed by atoms with Crippen molar-refractivity contribution >= 4 is 17.7 Å². The van der Waals surface area contributed by atoms with Crippen LogP contribution in [0.4, 0.5) is 0 Å². The van der Waals surface area contributed by atoms with Gasteiger partial charge < -0.3 is 4.74 Å². The van der Waals surface area contributed by atoms with Crippen LogP contribution in [0.25, 0.3) is 0 Å². The van der Waals surface area contributed by atoms with Crippen molar-refractivity contribution in [3.8, 4) is 0 Å². The molecule has 0 amide bonds. The van der Waals surface area contributed by atoms with Gasteiger partial charge in [0, 0.05) is 5.57 Å². The third-order valence-corrected chi connectivity index (χ3v) is 4.95. The zero-order valence-corrected chi connectivity index (χ0v) is 13.5. The first-order chi connectivity index (χ1) is 8.99. The molecule has 0 N–H and O–H groups in total. The lowest BCUT2D eigenvalue weighted by Gasteiger charge is -2.26. The molecule has 1 aliphatic carbocycles. The number of allylic oxidation sites excluding steroid dienone is 3. The van der Waals surface area contributed by atoms with Gasteiger partial charge in [-0.25, -0.2) is 4.79 Å². The maximum atomic E-state index is 11.5. The topological polar surface area (TPSA) is 26.3 Å². The molecule has 1 aliphatic rings. The Morgan fingerprint density at radius 3 is 2.58 bits per heavy atom. The second-order valence-corrected chi connectivity index (χ2v) is 6.42. The summed E-state index contributed by atoms with van der Waals surface area (Å²) in [5.74, 6) is 1.66. The molecule has 0 aromatic heterocycles. The zero-order valence-electron chi connectivity index (χ0n) is 12.7. The van der Waals surface area contributed by atoms with Gasteiger partial charge in [0.05, 0.1) is 7.11 Å². The van der Waals surface area contributed by atoms with Crippen molar-refractivity contribution in [2.75, 3.05) is 13.4 Å². The molecule has 0 saturated heterocycles. The summed E-state index contributed by atoms with van der Waals surface area (Å²) < 4.78 is 4.78. The summed E-state index contributed by atoms with van der Waals surface area (Å²) in [4.78, 5) is 12.9. The number of hydrogen-bond donors (Lipinski definition) is 0. The minimum Gasteiger partial charge on any atom is -0.466 e. The summed E-state index contributed by atoms with van der Waals surface area (Å²) >= 11 is 1.85. The van der Waals surface area contributed by atoms with Crippen LogP contribution in [0.2, 0.25) is 0 Å². The van der Waals surface area contributed by atoms with Gasteiger partial charge in [-0.1, -0.05) is 32.9 Å². The summed E-state index contributed by atoms with van der Waals surface area (Å²) in [6, 6.07) is 0. The molecule has 2 nitrogen and oxygen atoms in total. The van der Waals surface area contributed by atoms with Crippen LogP contribution in [0.15, 0.2) is 22.6 Å². The van der Waals surface area contributed by atoms with E-state index in [0.717, 1.165) is 24.8 Å². The molecule has 0 spiro atoms. The number of ether oxygens (including phenoxy) is 1. The molecule has 0 fully saturated rings. The third-order valence-electron chi connectivity index (χ3n) is 3.87. The number of carbonyl (C=O) groups excluding carboxylic acids is 1. The highest BCUT2D eigenvalue weighted by Crippen LogP contribution is 2.33. The van der Waals surface area contributed by atoms with Gasteiger partial charge in [-0.15, -0.1) is 11.8 Å². The predicted octanol–water partition coefficient (Wildman–Crippen LogP) is 4.42. The van der Waals surface area contributed by atoms with Crippen LogP contribution in [0.3, 0.4) is 0 Å². The largest absolute Gasteiger partial charge is 0.466 e. The molecule has 0 bridgehead atoms. The SMILES string of the molecule is COC(=O)C1=CC[C@H]([C@H](C)/C=C(/SC)C(C)C)CC1. The lowest BCUT2D eigenvalue weighted by atomic mass is 9.81. The quantitative estimate of drug-likeness (QED) is 0.698. The Balaban J connectivity index is 2.64. The van der Waals surface area contributed by atoms with E-state index in [1.165, 1.54) is 12.0 Å². The minimum atomic E-state index is -0.159. The van der Waals surface area contributed by atoms with Crippen LogP contribution >= 0.6 is 11.8 Å². The Morgan fingerprint density at radius 2 is 2.16 bits per heavy atom. The average Bonchev–Trinajstić information content (AvgIpc) is 2.43. The van der Waals surface area contributed by atoms with Gasteiger partial charge in [-0.2, -0.15) is 0 Å². The summed E-state index contributed by atoms with van der Waals surface area (Å²) in [5.41, 5.74) is 0.851. The van der Waals surface area contributed by atoms with Crippen molar-refractivity contribution in [3.05, 3.63) is 22.6 Å². The molecule has 0 heterocycles. The maximum Gasteiger partial charge on any atom is 0.333 e. The monoisotopic (exact) mass is 282 g/mol. The highest BCUT2D eigenvalue weighted by atomic mass is 32.2. The Kier molecular flexibility index (Phi) is 6.70. The van der Waals surface area contributed by atoms with Gasteiger partial charge in [0.2, 0.25) is 0 Å². The fourth-order valence-electron chi connectivity index (χ4n) is 2.54. The van der Waals surface area contributed by atoms with E-state index in [4.69, 9.17) is 4.74 Å². The van der Waals surface area contributed by atoms with Crippen molar-refractivity contribution < 1.29 is 9.53 Å². The third kappa shape index (κ3) is 4.72. The fourth-order valence-corrected chi connectivity index (χ4v) is 3.36. The predicted molar refractivity (Wildman–Crippen MR) is 83.0 cm³/mol. The van der Waals surface area contributed by atoms with Crippen molar-refractivity contribution in [1.82, 2.24) is 0 Å². The van der Waals surface area contributed by atoms with Gasteiger partial charge >= 0.3 is 5.97 Å². The van der Waals surface area contributed by atoms with Crippen LogP contribution in [0, 0.1) is 17.8 Å². The molecule has 0 aromatic rings. The maximum absolute atomic E-state index is 11.5. The summed E-state index contributed by atoms with van der Waals surface area (Å²) in [7, 11) is 1.45. The highest BCUT2D eigenvalue weighted by molar-refractivity contribution is 8.02. The second-order valence-electron chi connectivity index (χ2n) is 5.54. The zero-order chi connectivity index (χ0) is 14.4. The molecule has 0 unspecified atom stereocenters. The molecular weight excluding hydrogens is 256 g/mol. The highest BCUT2D eigenvalue weighted by Gasteiger charge is 2.22. The van der Waals surface area contributed by atoms with E-state index < -0.39 is 0 Å². The van der Waals surface area contributed by atoms with Crippen LogP contribution < -0.4 is 0 Å². The molecule has 0 saturated carbocycles. The van der Waals surface area contributed by atoms with E-state index in [2.05, 4.69) is 39.2 Å². The first-order valence-corrected chi connectivity index (χ1v) is 8.25. The van der Waals surface area contributed by atoms with E-state index in [-0.39, 0.29) is 5.97 Å². The number of esters is 1. The number of methoxy groups -OCH3 is 1. The molecule has 0 aliphatic heterocycles. The molecule has 2 atom stereocenters. The smallest absolute Gasteiger partial charge is 0.333 e. The summed E-state index contributed by atoms with van der Waals surface area (Å²) in [6.45, 7) is 6.77. The molecule has 1 rings (SSSR count). The van der Waals surface area contributed by atoms with E-state index in [9.17, 15) is 4.79 Å². The lowest BCUT2D eigenvalue weighted by molar-refractivity contribution is -0.136. The van der Waals surface area contributed by atoms with Gasteiger partial charge in [0.1, 0.15) is 0 Å². The van der Waals surface area contributed by atoms with E-state index in [1.54, 1.807) is 0 Å². The standard InChI is InChI=1S/C16H26O2S/c1-11(2)15(19-5)10-12(3)13-6-8-14(9-7-13)16(17)18-4/h8,10-13H,6-7,9H2,1-5H3/b15-10+/t12-,13+/m1/s1. The molecule has 19 heavy (non-hydrogen) atoms. The van der Waals surface area contributed by atoms with E-state index in [0.29, 0.717) is 17.8 Å². The first-order valence-electron chi connectivity index (χ1n) is 7.02. The van der Waals surface area contributed by atoms with Gasteiger partial charge in [0.15, 0.2) is 0 Å². The van der Waals surface area contributed by atoms with Gasteiger partial charge in [-0.05, 0) is 48.2 Å². The normalized spacial score (nSPS) is 22.1. The van der Waals surface area contributed by atoms with Gasteiger partial charge in [-0.3, -0.25) is 0 Å². The Hall–Kier alpha value is -0.700. The first kappa shape index (κ1) is 16.4. The van der Waals surface area contributed by atoms with Crippen LogP contribution in [0.5, 0.6) is 0 Å². The molecule has 108 valence electrons. The number of hydrogen-bond acceptors (Lipinski definition) is 3. The van der Waals surface area contributed by atoms with Crippen molar-refractivity contribution in [2.24, 2.45) is 17.8 Å². The average molecular weight is 282 g/mol. The van der Waals surface area contributed by atoms with Crippen LogP contribution in [0.1, 0.15) is 40.0 Å². The molecule has 0 radical (unpaired) electrons. The van der Waals surface area contributed by atoms with E-state index in [1.807, 2.05) is 11.8 Å². The van der Waals surface area contributed by atoms with Crippen LogP contribution in [-0.2, 0) is 9.53 Å². The van der Waals surface area contributed by atoms with E-state index >= 15 is 0 Å². The van der Waals surface area contributed by atoms with Crippen molar-refractivity contribution in [3.63, 3.8) is 0 Å². The lowest BCUT2D eigenvalue weighted by Crippen LogP contribution is -2.17. The number of thioether (sulfide) groups is 1. The van der Waals surface area contributed by atoms with Crippen molar-refractivity contribution in [1.29, 1.82) is 0 Å². The fraction of sp³-hybridized carbons (Fsp3) is 0.688. The summed E-state index contributed by atoms with van der Waals surface area (Å²) in [5, 5.41) is 0. The molecule has 0 aromatic carbocycles. The number of rotatable bonds is 5. The van der Waals surface area contributed by atoms with Gasteiger partial charge in [0.25, 0.3) is 0 Å². The molecular formula is C16H26O2S. The number of carbonyl (C=O) groups is 1.